The number of aromatic carboxylic acids is 1. The Labute approximate surface area is 135 Å². The molecule has 23 heavy (non-hydrogen) atoms. The molecular weight excluding hydrogens is 294 g/mol. The number of ether oxygens (including phenoxy) is 2. The maximum absolute atomic E-state index is 11.1. The van der Waals surface area contributed by atoms with Gasteiger partial charge in [0.1, 0.15) is 0 Å². The van der Waals surface area contributed by atoms with E-state index >= 15 is 0 Å². The van der Waals surface area contributed by atoms with Gasteiger partial charge in [0.2, 0.25) is 0 Å². The fourth-order valence-electron chi connectivity index (χ4n) is 2.14. The third-order valence-electron chi connectivity index (χ3n) is 3.29. The van der Waals surface area contributed by atoms with Gasteiger partial charge in [-0.15, -0.1) is 0 Å². The minimum absolute atomic E-state index is 0.256. The number of nitrogens with one attached hydrogen (secondary N) is 1. The standard InChI is InChI=1S/C18H19NO4/c1-22-16-10-9-13(12-17(16)23-2)6-5-11-19-15-8-4-3-7-14(15)18(20)21/h3-10,12,19H,11H2,1-2H3,(H,20,21). The highest BCUT2D eigenvalue weighted by Crippen LogP contribution is 2.27. The molecule has 0 amide bonds. The largest absolute Gasteiger partial charge is 0.493 e. The number of methoxy groups -OCH3 is 2. The Hall–Kier alpha value is -2.95. The average molecular weight is 313 g/mol. The molecule has 5 nitrogen and oxygen atoms in total. The maximum atomic E-state index is 11.1. The lowest BCUT2D eigenvalue weighted by atomic mass is 10.1. The summed E-state index contributed by atoms with van der Waals surface area (Å²) < 4.78 is 10.4. The number of rotatable bonds is 7. The molecule has 0 saturated heterocycles. The first-order valence-electron chi connectivity index (χ1n) is 7.10. The van der Waals surface area contributed by atoms with Gasteiger partial charge in [0.15, 0.2) is 11.5 Å². The number of hydrogen-bond acceptors (Lipinski definition) is 4. The van der Waals surface area contributed by atoms with Gasteiger partial charge in [0, 0.05) is 12.2 Å². The Bertz CT molecular complexity index is 710. The fourth-order valence-corrected chi connectivity index (χ4v) is 2.14. The Morgan fingerprint density at radius 2 is 1.87 bits per heavy atom. The number of carboxylic acids is 1. The summed E-state index contributed by atoms with van der Waals surface area (Å²) in [4.78, 5) is 11.1. The van der Waals surface area contributed by atoms with Gasteiger partial charge in [0.25, 0.3) is 0 Å². The van der Waals surface area contributed by atoms with Crippen LogP contribution in [0.15, 0.2) is 48.5 Å². The molecule has 2 N–H and O–H groups in total. The van der Waals surface area contributed by atoms with Crippen molar-refractivity contribution in [3.63, 3.8) is 0 Å². The number of carboxylic acid groups (broad SMARTS) is 1. The van der Waals surface area contributed by atoms with Crippen molar-refractivity contribution in [1.29, 1.82) is 0 Å². The topological polar surface area (TPSA) is 67.8 Å². The van der Waals surface area contributed by atoms with Crippen molar-refractivity contribution in [3.8, 4) is 11.5 Å². The molecule has 0 saturated carbocycles. The van der Waals surface area contributed by atoms with Gasteiger partial charge in [-0.25, -0.2) is 4.79 Å². The van der Waals surface area contributed by atoms with Crippen LogP contribution < -0.4 is 14.8 Å². The van der Waals surface area contributed by atoms with Crippen molar-refractivity contribution in [2.75, 3.05) is 26.1 Å². The first-order valence-corrected chi connectivity index (χ1v) is 7.10. The van der Waals surface area contributed by atoms with Gasteiger partial charge >= 0.3 is 5.97 Å². The Morgan fingerprint density at radius 3 is 2.57 bits per heavy atom. The molecule has 2 rings (SSSR count). The van der Waals surface area contributed by atoms with Crippen LogP contribution in [0, 0.1) is 0 Å². The van der Waals surface area contributed by atoms with Crippen molar-refractivity contribution < 1.29 is 19.4 Å². The molecule has 0 aliphatic rings. The van der Waals surface area contributed by atoms with E-state index in [0.29, 0.717) is 23.7 Å². The SMILES string of the molecule is COc1ccc(C=CCNc2ccccc2C(=O)O)cc1OC. The van der Waals surface area contributed by atoms with Crippen molar-refractivity contribution in [2.24, 2.45) is 0 Å². The molecule has 5 heteroatoms. The molecule has 0 atom stereocenters. The van der Waals surface area contributed by atoms with E-state index in [9.17, 15) is 4.79 Å². The van der Waals surface area contributed by atoms with Crippen molar-refractivity contribution in [3.05, 3.63) is 59.7 Å². The van der Waals surface area contributed by atoms with Crippen molar-refractivity contribution in [1.82, 2.24) is 0 Å². The Morgan fingerprint density at radius 1 is 1.13 bits per heavy atom. The molecule has 2 aromatic carbocycles. The monoisotopic (exact) mass is 313 g/mol. The van der Waals surface area contributed by atoms with Crippen LogP contribution in [0.1, 0.15) is 15.9 Å². The normalized spacial score (nSPS) is 10.5. The number of para-hydroxylation sites is 1. The lowest BCUT2D eigenvalue weighted by Gasteiger charge is -2.08. The van der Waals surface area contributed by atoms with Crippen molar-refractivity contribution in [2.45, 2.75) is 0 Å². The number of hydrogen-bond donors (Lipinski definition) is 2. The second kappa shape index (κ2) is 7.89. The van der Waals surface area contributed by atoms with E-state index in [-0.39, 0.29) is 5.56 Å². The van der Waals surface area contributed by atoms with Gasteiger partial charge in [-0.2, -0.15) is 0 Å². The zero-order valence-corrected chi connectivity index (χ0v) is 13.1. The third kappa shape index (κ3) is 4.26. The van der Waals surface area contributed by atoms with E-state index in [0.717, 1.165) is 5.56 Å². The number of anilines is 1. The minimum Gasteiger partial charge on any atom is -0.493 e. The Balaban J connectivity index is 2.02. The van der Waals surface area contributed by atoms with E-state index in [2.05, 4.69) is 5.32 Å². The molecule has 2 aromatic rings. The zero-order chi connectivity index (χ0) is 16.7. The smallest absolute Gasteiger partial charge is 0.337 e. The van der Waals surface area contributed by atoms with E-state index < -0.39 is 5.97 Å². The van der Waals surface area contributed by atoms with Crippen LogP contribution in [-0.4, -0.2) is 31.8 Å². The predicted octanol–water partition coefficient (Wildman–Crippen LogP) is 3.53. The summed E-state index contributed by atoms with van der Waals surface area (Å²) in [5.41, 5.74) is 1.82. The minimum atomic E-state index is -0.947. The zero-order valence-electron chi connectivity index (χ0n) is 13.1. The van der Waals surface area contributed by atoms with E-state index in [1.807, 2.05) is 30.4 Å². The lowest BCUT2D eigenvalue weighted by Crippen LogP contribution is -2.05. The Kier molecular flexibility index (Phi) is 5.63. The summed E-state index contributed by atoms with van der Waals surface area (Å²) in [7, 11) is 3.19. The fraction of sp³-hybridized carbons (Fsp3) is 0.167. The molecular formula is C18H19NO4. The quantitative estimate of drug-likeness (QED) is 0.818. The number of carbonyl (C=O) groups is 1. The van der Waals surface area contributed by atoms with Gasteiger partial charge in [-0.05, 0) is 29.8 Å². The highest BCUT2D eigenvalue weighted by atomic mass is 16.5. The first kappa shape index (κ1) is 16.4. The second-order valence-electron chi connectivity index (χ2n) is 4.75. The average Bonchev–Trinajstić information content (AvgIpc) is 2.58. The number of benzene rings is 2. The third-order valence-corrected chi connectivity index (χ3v) is 3.29. The van der Waals surface area contributed by atoms with Gasteiger partial charge < -0.3 is 19.9 Å². The summed E-state index contributed by atoms with van der Waals surface area (Å²) >= 11 is 0. The molecule has 0 aliphatic carbocycles. The molecule has 0 aliphatic heterocycles. The van der Waals surface area contributed by atoms with Crippen LogP contribution in [0.5, 0.6) is 11.5 Å². The summed E-state index contributed by atoms with van der Waals surface area (Å²) in [6.07, 6.45) is 3.85. The highest BCUT2D eigenvalue weighted by molar-refractivity contribution is 5.94. The van der Waals surface area contributed by atoms with Gasteiger partial charge in [0.05, 0.1) is 19.8 Å². The molecule has 0 spiro atoms. The van der Waals surface area contributed by atoms with Crippen LogP contribution >= 0.6 is 0 Å². The molecule has 0 radical (unpaired) electrons. The van der Waals surface area contributed by atoms with Crippen molar-refractivity contribution >= 4 is 17.7 Å². The molecule has 0 fully saturated rings. The van der Waals surface area contributed by atoms with E-state index in [1.165, 1.54) is 0 Å². The molecule has 120 valence electrons. The van der Waals surface area contributed by atoms with Gasteiger partial charge in [-0.3, -0.25) is 0 Å². The summed E-state index contributed by atoms with van der Waals surface area (Å²) in [6.45, 7) is 0.513. The highest BCUT2D eigenvalue weighted by Gasteiger charge is 2.07. The second-order valence-corrected chi connectivity index (χ2v) is 4.75. The molecule has 0 heterocycles. The van der Waals surface area contributed by atoms with E-state index in [4.69, 9.17) is 14.6 Å². The summed E-state index contributed by atoms with van der Waals surface area (Å²) in [6, 6.07) is 12.5. The maximum Gasteiger partial charge on any atom is 0.337 e. The molecule has 0 unspecified atom stereocenters. The predicted molar refractivity (Wildman–Crippen MR) is 90.5 cm³/mol. The first-order chi connectivity index (χ1) is 11.2. The van der Waals surface area contributed by atoms with Gasteiger partial charge in [-0.1, -0.05) is 30.4 Å². The summed E-state index contributed by atoms with van der Waals surface area (Å²) in [5, 5.41) is 12.2. The van der Waals surface area contributed by atoms with Crippen LogP contribution in [0.25, 0.3) is 6.08 Å². The summed E-state index contributed by atoms with van der Waals surface area (Å²) in [5.74, 6) is 0.397. The molecule has 0 aromatic heterocycles. The van der Waals surface area contributed by atoms with Crippen LogP contribution in [0.3, 0.4) is 0 Å². The van der Waals surface area contributed by atoms with Crippen LogP contribution in [0.4, 0.5) is 5.69 Å². The lowest BCUT2D eigenvalue weighted by molar-refractivity contribution is 0.0698. The van der Waals surface area contributed by atoms with Crippen LogP contribution in [0.2, 0.25) is 0 Å². The van der Waals surface area contributed by atoms with E-state index in [1.54, 1.807) is 38.5 Å². The molecule has 0 bridgehead atoms. The van der Waals surface area contributed by atoms with Crippen LogP contribution in [-0.2, 0) is 0 Å².